The van der Waals surface area contributed by atoms with Crippen LogP contribution in [-0.2, 0) is 9.53 Å². The molecule has 98 valence electrons. The number of carbonyl (C=O) groups excluding carboxylic acids is 1. The Hall–Kier alpha value is -0.280. The molecule has 17 heavy (non-hydrogen) atoms. The van der Waals surface area contributed by atoms with E-state index in [-0.39, 0.29) is 17.4 Å². The van der Waals surface area contributed by atoms with Crippen molar-refractivity contribution in [3.8, 4) is 0 Å². The first-order chi connectivity index (χ1) is 8.17. The number of nitrogens with one attached hydrogen (secondary N) is 1. The Morgan fingerprint density at radius 1 is 1.41 bits per heavy atom. The molecule has 0 spiro atoms. The van der Waals surface area contributed by atoms with Crippen LogP contribution in [0.25, 0.3) is 0 Å². The predicted octanol–water partition coefficient (Wildman–Crippen LogP) is 2.33. The van der Waals surface area contributed by atoms with Crippen molar-refractivity contribution in [3.05, 3.63) is 0 Å². The number of hydrogen-bond acceptors (Lipinski definition) is 2. The molecule has 0 radical (unpaired) electrons. The molecule has 0 aromatic rings. The standard InChI is InChI=1S/C13H22ClNO2/c1-10-3-2-4-11(10)12(16)15-13(9-14)5-7-17-8-6-13/h10-11H,2-9H2,1H3,(H,15,16). The summed E-state index contributed by atoms with van der Waals surface area (Å²) < 4.78 is 5.34. The van der Waals surface area contributed by atoms with Gasteiger partial charge in [-0.1, -0.05) is 13.3 Å². The molecule has 2 aliphatic rings. The van der Waals surface area contributed by atoms with Crippen LogP contribution in [0, 0.1) is 11.8 Å². The smallest absolute Gasteiger partial charge is 0.223 e. The fourth-order valence-electron chi connectivity index (χ4n) is 2.94. The Kier molecular flexibility index (Phi) is 4.31. The van der Waals surface area contributed by atoms with E-state index in [1.807, 2.05) is 0 Å². The third-order valence-electron chi connectivity index (χ3n) is 4.29. The van der Waals surface area contributed by atoms with Gasteiger partial charge in [0.15, 0.2) is 0 Å². The number of amides is 1. The highest BCUT2D eigenvalue weighted by molar-refractivity contribution is 6.18. The van der Waals surface area contributed by atoms with E-state index >= 15 is 0 Å². The Labute approximate surface area is 108 Å². The number of alkyl halides is 1. The van der Waals surface area contributed by atoms with Gasteiger partial charge in [0.1, 0.15) is 0 Å². The summed E-state index contributed by atoms with van der Waals surface area (Å²) in [5, 5.41) is 3.20. The maximum Gasteiger partial charge on any atom is 0.223 e. The summed E-state index contributed by atoms with van der Waals surface area (Å²) in [6, 6.07) is 0. The topological polar surface area (TPSA) is 38.3 Å². The van der Waals surface area contributed by atoms with E-state index in [0.717, 1.165) is 19.3 Å². The zero-order chi connectivity index (χ0) is 12.3. The van der Waals surface area contributed by atoms with Crippen LogP contribution < -0.4 is 5.32 Å². The van der Waals surface area contributed by atoms with Gasteiger partial charge >= 0.3 is 0 Å². The largest absolute Gasteiger partial charge is 0.381 e. The monoisotopic (exact) mass is 259 g/mol. The Morgan fingerprint density at radius 3 is 2.65 bits per heavy atom. The van der Waals surface area contributed by atoms with Crippen molar-refractivity contribution in [1.82, 2.24) is 5.32 Å². The van der Waals surface area contributed by atoms with Gasteiger partial charge in [0.05, 0.1) is 5.54 Å². The molecule has 1 heterocycles. The predicted molar refractivity (Wildman–Crippen MR) is 68.2 cm³/mol. The average Bonchev–Trinajstić information content (AvgIpc) is 2.77. The van der Waals surface area contributed by atoms with Crippen molar-refractivity contribution in [2.75, 3.05) is 19.1 Å². The summed E-state index contributed by atoms with van der Waals surface area (Å²) in [5.74, 6) is 1.40. The molecular weight excluding hydrogens is 238 g/mol. The van der Waals surface area contributed by atoms with Crippen LogP contribution in [0.15, 0.2) is 0 Å². The average molecular weight is 260 g/mol. The van der Waals surface area contributed by atoms with Gasteiger partial charge in [0.25, 0.3) is 0 Å². The van der Waals surface area contributed by atoms with E-state index in [2.05, 4.69) is 12.2 Å². The number of halogens is 1. The van der Waals surface area contributed by atoms with Crippen LogP contribution >= 0.6 is 11.6 Å². The molecule has 0 aromatic heterocycles. The molecule has 2 unspecified atom stereocenters. The molecule has 1 amide bonds. The number of carbonyl (C=O) groups is 1. The molecule has 4 heteroatoms. The Morgan fingerprint density at radius 2 is 2.12 bits per heavy atom. The van der Waals surface area contributed by atoms with Crippen LogP contribution in [-0.4, -0.2) is 30.5 Å². The molecule has 1 aliphatic carbocycles. The zero-order valence-electron chi connectivity index (χ0n) is 10.5. The second-order valence-electron chi connectivity index (χ2n) is 5.53. The van der Waals surface area contributed by atoms with Crippen molar-refractivity contribution in [3.63, 3.8) is 0 Å². The van der Waals surface area contributed by atoms with E-state index in [0.29, 0.717) is 25.0 Å². The first-order valence-electron chi connectivity index (χ1n) is 6.63. The van der Waals surface area contributed by atoms with Gasteiger partial charge in [-0.15, -0.1) is 11.6 Å². The second kappa shape index (κ2) is 5.57. The maximum absolute atomic E-state index is 12.3. The van der Waals surface area contributed by atoms with Crippen molar-refractivity contribution in [1.29, 1.82) is 0 Å². The third kappa shape index (κ3) is 2.94. The van der Waals surface area contributed by atoms with Gasteiger partial charge in [0.2, 0.25) is 5.91 Å². The van der Waals surface area contributed by atoms with Crippen LogP contribution in [0.1, 0.15) is 39.0 Å². The van der Waals surface area contributed by atoms with E-state index in [9.17, 15) is 4.79 Å². The first kappa shape index (κ1) is 13.2. The molecule has 0 bridgehead atoms. The highest BCUT2D eigenvalue weighted by Crippen LogP contribution is 2.32. The lowest BCUT2D eigenvalue weighted by Crippen LogP contribution is -2.55. The van der Waals surface area contributed by atoms with E-state index < -0.39 is 0 Å². The maximum atomic E-state index is 12.3. The quantitative estimate of drug-likeness (QED) is 0.790. The molecule has 1 N–H and O–H groups in total. The van der Waals surface area contributed by atoms with Crippen molar-refractivity contribution in [2.45, 2.75) is 44.6 Å². The van der Waals surface area contributed by atoms with E-state index in [1.54, 1.807) is 0 Å². The molecule has 3 nitrogen and oxygen atoms in total. The number of hydrogen-bond donors (Lipinski definition) is 1. The van der Waals surface area contributed by atoms with Crippen molar-refractivity contribution in [2.24, 2.45) is 11.8 Å². The highest BCUT2D eigenvalue weighted by atomic mass is 35.5. The third-order valence-corrected chi connectivity index (χ3v) is 4.80. The van der Waals surface area contributed by atoms with Gasteiger partial charge in [-0.2, -0.15) is 0 Å². The zero-order valence-corrected chi connectivity index (χ0v) is 11.3. The second-order valence-corrected chi connectivity index (χ2v) is 5.80. The summed E-state index contributed by atoms with van der Waals surface area (Å²) in [5.41, 5.74) is -0.223. The number of ether oxygens (including phenoxy) is 1. The minimum Gasteiger partial charge on any atom is -0.381 e. The van der Waals surface area contributed by atoms with Gasteiger partial charge < -0.3 is 10.1 Å². The minimum atomic E-state index is -0.223. The molecule has 1 saturated carbocycles. The lowest BCUT2D eigenvalue weighted by molar-refractivity contribution is -0.128. The first-order valence-corrected chi connectivity index (χ1v) is 7.16. The minimum absolute atomic E-state index is 0.193. The number of rotatable bonds is 3. The van der Waals surface area contributed by atoms with Crippen molar-refractivity contribution >= 4 is 17.5 Å². The summed E-state index contributed by atoms with van der Waals surface area (Å²) in [4.78, 5) is 12.3. The summed E-state index contributed by atoms with van der Waals surface area (Å²) in [6.07, 6.45) is 5.06. The molecule has 2 rings (SSSR count). The van der Waals surface area contributed by atoms with Gasteiger partial charge in [-0.3, -0.25) is 4.79 Å². The van der Waals surface area contributed by atoms with Gasteiger partial charge in [-0.05, 0) is 31.6 Å². The molecule has 1 aliphatic heterocycles. The molecular formula is C13H22ClNO2. The molecule has 1 saturated heterocycles. The summed E-state index contributed by atoms with van der Waals surface area (Å²) in [6.45, 7) is 3.58. The van der Waals surface area contributed by atoms with Gasteiger partial charge in [0, 0.05) is 25.0 Å². The van der Waals surface area contributed by atoms with Crippen LogP contribution in [0.5, 0.6) is 0 Å². The fourth-order valence-corrected chi connectivity index (χ4v) is 3.28. The molecule has 0 aromatic carbocycles. The molecule has 2 atom stereocenters. The highest BCUT2D eigenvalue weighted by Gasteiger charge is 2.37. The fraction of sp³-hybridized carbons (Fsp3) is 0.923. The Bertz CT molecular complexity index is 277. The van der Waals surface area contributed by atoms with E-state index in [4.69, 9.17) is 16.3 Å². The summed E-state index contributed by atoms with van der Waals surface area (Å²) in [7, 11) is 0. The molecule has 2 fully saturated rings. The SMILES string of the molecule is CC1CCCC1C(=O)NC1(CCl)CCOCC1. The normalized spacial score (nSPS) is 32.4. The van der Waals surface area contributed by atoms with Crippen molar-refractivity contribution < 1.29 is 9.53 Å². The van der Waals surface area contributed by atoms with E-state index in [1.165, 1.54) is 12.8 Å². The van der Waals surface area contributed by atoms with Gasteiger partial charge in [-0.25, -0.2) is 0 Å². The van der Waals surface area contributed by atoms with Crippen LogP contribution in [0.2, 0.25) is 0 Å². The summed E-state index contributed by atoms with van der Waals surface area (Å²) >= 11 is 6.05. The van der Waals surface area contributed by atoms with Crippen LogP contribution in [0.4, 0.5) is 0 Å². The Balaban J connectivity index is 1.95. The lowest BCUT2D eigenvalue weighted by atomic mass is 9.89. The lowest BCUT2D eigenvalue weighted by Gasteiger charge is -2.37. The van der Waals surface area contributed by atoms with Crippen LogP contribution in [0.3, 0.4) is 0 Å².